The standard InChI is InChI=1S/C10H14BrN5/c1-2-6-4-3-5-7(11)8(6)15-10(14)16-9(12)13/h3-5H,2H2,1H3,(H6,12,13,14,15,16). The highest BCUT2D eigenvalue weighted by molar-refractivity contribution is 9.10. The van der Waals surface area contributed by atoms with Crippen molar-refractivity contribution in [2.45, 2.75) is 13.3 Å². The van der Waals surface area contributed by atoms with Crippen LogP contribution in [-0.4, -0.2) is 11.9 Å². The molecule has 0 radical (unpaired) electrons. The van der Waals surface area contributed by atoms with E-state index < -0.39 is 0 Å². The molecular weight excluding hydrogens is 270 g/mol. The number of anilines is 1. The van der Waals surface area contributed by atoms with E-state index in [2.05, 4.69) is 26.6 Å². The number of hydrogen-bond acceptors (Lipinski definition) is 2. The highest BCUT2D eigenvalue weighted by Gasteiger charge is 2.07. The van der Waals surface area contributed by atoms with Gasteiger partial charge in [-0.2, -0.15) is 0 Å². The van der Waals surface area contributed by atoms with Gasteiger partial charge < -0.3 is 11.1 Å². The zero-order valence-corrected chi connectivity index (χ0v) is 10.5. The van der Waals surface area contributed by atoms with Gasteiger partial charge in [0, 0.05) is 4.47 Å². The van der Waals surface area contributed by atoms with E-state index in [-0.39, 0.29) is 11.9 Å². The van der Waals surface area contributed by atoms with Gasteiger partial charge in [0.15, 0.2) is 11.9 Å². The third kappa shape index (κ3) is 3.23. The molecule has 0 heterocycles. The van der Waals surface area contributed by atoms with E-state index >= 15 is 0 Å². The molecule has 86 valence electrons. The average molecular weight is 284 g/mol. The number of aryl methyl sites for hydroxylation is 1. The van der Waals surface area contributed by atoms with Crippen molar-refractivity contribution in [2.75, 3.05) is 5.32 Å². The third-order valence-electron chi connectivity index (χ3n) is 1.99. The predicted octanol–water partition coefficient (Wildman–Crippen LogP) is 1.84. The van der Waals surface area contributed by atoms with Crippen molar-refractivity contribution >= 4 is 33.5 Å². The fourth-order valence-electron chi connectivity index (χ4n) is 1.29. The van der Waals surface area contributed by atoms with E-state index in [4.69, 9.17) is 16.6 Å². The zero-order valence-electron chi connectivity index (χ0n) is 8.89. The fraction of sp³-hybridized carbons (Fsp3) is 0.200. The molecule has 16 heavy (non-hydrogen) atoms. The van der Waals surface area contributed by atoms with E-state index in [1.165, 1.54) is 0 Å². The maximum absolute atomic E-state index is 7.56. The Kier molecular flexibility index (Phi) is 4.30. The number of hydrogen-bond donors (Lipinski definition) is 5. The molecule has 1 aromatic rings. The second kappa shape index (κ2) is 5.50. The van der Waals surface area contributed by atoms with Crippen LogP contribution in [0.5, 0.6) is 0 Å². The molecule has 0 aliphatic carbocycles. The summed E-state index contributed by atoms with van der Waals surface area (Å²) in [4.78, 5) is 0. The van der Waals surface area contributed by atoms with Gasteiger partial charge >= 0.3 is 0 Å². The minimum Gasteiger partial charge on any atom is -0.370 e. The van der Waals surface area contributed by atoms with Crippen LogP contribution in [0.15, 0.2) is 22.7 Å². The van der Waals surface area contributed by atoms with Gasteiger partial charge in [-0.25, -0.2) is 0 Å². The number of nitrogens with two attached hydrogens (primary N) is 1. The lowest BCUT2D eigenvalue weighted by Crippen LogP contribution is -2.39. The van der Waals surface area contributed by atoms with Crippen molar-refractivity contribution < 1.29 is 0 Å². The summed E-state index contributed by atoms with van der Waals surface area (Å²) < 4.78 is 0.877. The lowest BCUT2D eigenvalue weighted by atomic mass is 10.1. The first-order chi connectivity index (χ1) is 7.54. The number of nitrogens with one attached hydrogen (secondary N) is 4. The van der Waals surface area contributed by atoms with Gasteiger partial charge in [0.1, 0.15) is 0 Å². The molecule has 0 aliphatic rings. The van der Waals surface area contributed by atoms with Gasteiger partial charge in [-0.1, -0.05) is 19.1 Å². The molecule has 0 fully saturated rings. The first-order valence-electron chi connectivity index (χ1n) is 4.78. The maximum Gasteiger partial charge on any atom is 0.199 e. The first-order valence-corrected chi connectivity index (χ1v) is 5.58. The molecule has 0 aromatic heterocycles. The van der Waals surface area contributed by atoms with Crippen LogP contribution in [0.3, 0.4) is 0 Å². The molecule has 0 atom stereocenters. The molecular formula is C10H14BrN5. The fourth-order valence-corrected chi connectivity index (χ4v) is 1.80. The van der Waals surface area contributed by atoms with Crippen LogP contribution >= 0.6 is 15.9 Å². The lowest BCUT2D eigenvalue weighted by molar-refractivity contribution is 1.13. The number of para-hydroxylation sites is 1. The monoisotopic (exact) mass is 283 g/mol. The van der Waals surface area contributed by atoms with Crippen LogP contribution in [0.2, 0.25) is 0 Å². The summed E-state index contributed by atoms with van der Waals surface area (Å²) in [5.74, 6) is -0.281. The van der Waals surface area contributed by atoms with Crippen molar-refractivity contribution in [2.24, 2.45) is 5.73 Å². The minimum absolute atomic E-state index is 0.0194. The molecule has 0 amide bonds. The summed E-state index contributed by atoms with van der Waals surface area (Å²) in [6.07, 6.45) is 0.856. The van der Waals surface area contributed by atoms with Crippen molar-refractivity contribution in [1.82, 2.24) is 5.32 Å². The Bertz CT molecular complexity index is 416. The molecule has 0 saturated carbocycles. The second-order valence-electron chi connectivity index (χ2n) is 3.17. The molecule has 0 saturated heterocycles. The van der Waals surface area contributed by atoms with Crippen molar-refractivity contribution in [3.8, 4) is 0 Å². The van der Waals surface area contributed by atoms with Gasteiger partial charge in [-0.15, -0.1) is 0 Å². The minimum atomic E-state index is -0.261. The van der Waals surface area contributed by atoms with E-state index in [0.29, 0.717) is 0 Å². The summed E-state index contributed by atoms with van der Waals surface area (Å²) in [6, 6.07) is 5.81. The number of guanidine groups is 2. The Morgan fingerprint density at radius 2 is 2.12 bits per heavy atom. The SMILES string of the molecule is CCc1cccc(Br)c1NC(=N)NC(=N)N. The molecule has 0 spiro atoms. The Morgan fingerprint density at radius 3 is 2.69 bits per heavy atom. The van der Waals surface area contributed by atoms with Gasteiger partial charge in [-0.05, 0) is 34.0 Å². The largest absolute Gasteiger partial charge is 0.370 e. The molecule has 6 heteroatoms. The van der Waals surface area contributed by atoms with Gasteiger partial charge in [-0.3, -0.25) is 16.1 Å². The third-order valence-corrected chi connectivity index (χ3v) is 2.65. The Morgan fingerprint density at radius 1 is 1.44 bits per heavy atom. The van der Waals surface area contributed by atoms with E-state index in [9.17, 15) is 0 Å². The van der Waals surface area contributed by atoms with Crippen molar-refractivity contribution in [3.63, 3.8) is 0 Å². The molecule has 0 unspecified atom stereocenters. The van der Waals surface area contributed by atoms with E-state index in [0.717, 1.165) is 22.1 Å². The van der Waals surface area contributed by atoms with Crippen LogP contribution in [0.4, 0.5) is 5.69 Å². The lowest BCUT2D eigenvalue weighted by Gasteiger charge is -2.14. The smallest absolute Gasteiger partial charge is 0.199 e. The number of rotatable bonds is 2. The van der Waals surface area contributed by atoms with Crippen molar-refractivity contribution in [1.29, 1.82) is 10.8 Å². The Balaban J connectivity index is 2.87. The summed E-state index contributed by atoms with van der Waals surface area (Å²) >= 11 is 3.41. The zero-order chi connectivity index (χ0) is 12.1. The highest BCUT2D eigenvalue weighted by Crippen LogP contribution is 2.26. The second-order valence-corrected chi connectivity index (χ2v) is 4.02. The maximum atomic E-state index is 7.56. The van der Waals surface area contributed by atoms with Crippen LogP contribution in [0.1, 0.15) is 12.5 Å². The highest BCUT2D eigenvalue weighted by atomic mass is 79.9. The molecule has 6 N–H and O–H groups in total. The van der Waals surface area contributed by atoms with Gasteiger partial charge in [0.05, 0.1) is 5.69 Å². The summed E-state index contributed by atoms with van der Waals surface area (Å²) in [6.45, 7) is 2.04. The van der Waals surface area contributed by atoms with E-state index in [1.54, 1.807) is 0 Å². The van der Waals surface area contributed by atoms with Gasteiger partial charge in [0.25, 0.3) is 0 Å². The number of halogens is 1. The topological polar surface area (TPSA) is 97.8 Å². The molecule has 0 bridgehead atoms. The van der Waals surface area contributed by atoms with Crippen LogP contribution in [0, 0.1) is 10.8 Å². The predicted molar refractivity (Wildman–Crippen MR) is 69.9 cm³/mol. The van der Waals surface area contributed by atoms with Gasteiger partial charge in [0.2, 0.25) is 0 Å². The van der Waals surface area contributed by atoms with E-state index in [1.807, 2.05) is 25.1 Å². The summed E-state index contributed by atoms with van der Waals surface area (Å²) in [5.41, 5.74) is 7.05. The first kappa shape index (κ1) is 12.5. The molecule has 1 aromatic carbocycles. The quantitative estimate of drug-likeness (QED) is 0.423. The van der Waals surface area contributed by atoms with Crippen molar-refractivity contribution in [3.05, 3.63) is 28.2 Å². The van der Waals surface area contributed by atoms with Crippen LogP contribution < -0.4 is 16.4 Å². The summed E-state index contributed by atoms with van der Waals surface area (Å²) in [7, 11) is 0. The van der Waals surface area contributed by atoms with Crippen LogP contribution in [-0.2, 0) is 6.42 Å². The molecule has 5 nitrogen and oxygen atoms in total. The summed E-state index contributed by atoms with van der Waals surface area (Å²) in [5, 5.41) is 19.8. The molecule has 0 aliphatic heterocycles. The average Bonchev–Trinajstić information content (AvgIpc) is 2.20. The normalized spacial score (nSPS) is 9.62. The Labute approximate surface area is 103 Å². The van der Waals surface area contributed by atoms with Crippen LogP contribution in [0.25, 0.3) is 0 Å². The number of benzene rings is 1. The Hall–Kier alpha value is -1.56. The molecule has 1 rings (SSSR count).